The lowest BCUT2D eigenvalue weighted by molar-refractivity contribution is 1.47. The van der Waals surface area contributed by atoms with E-state index in [1.807, 2.05) is 54.6 Å². The molecule has 0 aliphatic rings. The van der Waals surface area contributed by atoms with Crippen molar-refractivity contribution in [3.05, 3.63) is 77.2 Å². The molecule has 0 aliphatic carbocycles. The molecule has 3 heteroatoms. The van der Waals surface area contributed by atoms with E-state index in [9.17, 15) is 0 Å². The largest absolute Gasteiger partial charge is 0.0889 e. The van der Waals surface area contributed by atoms with Crippen LogP contribution in [0.5, 0.6) is 0 Å². The SMILES string of the molecule is C=C(N=[N+]=[N-])c1ccccc1-c1ccccc1. The molecular weight excluding hydrogens is 210 g/mol. The van der Waals surface area contributed by atoms with E-state index < -0.39 is 0 Å². The molecule has 17 heavy (non-hydrogen) atoms. The summed E-state index contributed by atoms with van der Waals surface area (Å²) in [7, 11) is 0. The van der Waals surface area contributed by atoms with Crippen molar-refractivity contribution in [2.24, 2.45) is 5.11 Å². The molecule has 0 spiro atoms. The Kier molecular flexibility index (Phi) is 3.24. The van der Waals surface area contributed by atoms with E-state index in [-0.39, 0.29) is 0 Å². The summed E-state index contributed by atoms with van der Waals surface area (Å²) in [6, 6.07) is 17.7. The first-order valence-electron chi connectivity index (χ1n) is 5.22. The summed E-state index contributed by atoms with van der Waals surface area (Å²) in [5.41, 5.74) is 11.9. The zero-order chi connectivity index (χ0) is 12.1. The third kappa shape index (κ3) is 2.36. The van der Waals surface area contributed by atoms with E-state index in [1.54, 1.807) is 0 Å². The van der Waals surface area contributed by atoms with Crippen LogP contribution in [0.3, 0.4) is 0 Å². The van der Waals surface area contributed by atoms with Crippen molar-refractivity contribution in [2.75, 3.05) is 0 Å². The molecule has 2 aromatic rings. The van der Waals surface area contributed by atoms with Gasteiger partial charge in [-0.3, -0.25) is 0 Å². The first-order chi connectivity index (χ1) is 8.33. The van der Waals surface area contributed by atoms with E-state index in [2.05, 4.69) is 16.6 Å². The zero-order valence-corrected chi connectivity index (χ0v) is 9.24. The van der Waals surface area contributed by atoms with Gasteiger partial charge in [-0.25, -0.2) is 0 Å². The van der Waals surface area contributed by atoms with Gasteiger partial charge >= 0.3 is 0 Å². The molecule has 0 saturated heterocycles. The second-order valence-corrected chi connectivity index (χ2v) is 3.55. The van der Waals surface area contributed by atoms with E-state index in [0.717, 1.165) is 16.7 Å². The van der Waals surface area contributed by atoms with Crippen molar-refractivity contribution in [3.63, 3.8) is 0 Å². The topological polar surface area (TPSA) is 48.8 Å². The molecule has 0 bridgehead atoms. The number of azide groups is 1. The predicted octanol–water partition coefficient (Wildman–Crippen LogP) is 4.63. The van der Waals surface area contributed by atoms with Gasteiger partial charge in [-0.05, 0) is 22.2 Å². The van der Waals surface area contributed by atoms with Gasteiger partial charge in [0.15, 0.2) is 0 Å². The first kappa shape index (κ1) is 11.0. The highest BCUT2D eigenvalue weighted by Gasteiger charge is 2.05. The minimum atomic E-state index is 0.437. The molecule has 82 valence electrons. The van der Waals surface area contributed by atoms with Crippen molar-refractivity contribution >= 4 is 5.70 Å². The molecule has 0 N–H and O–H groups in total. The average Bonchev–Trinajstić information content (AvgIpc) is 2.40. The van der Waals surface area contributed by atoms with Crippen LogP contribution in [0.2, 0.25) is 0 Å². The second kappa shape index (κ2) is 5.01. The van der Waals surface area contributed by atoms with Crippen molar-refractivity contribution < 1.29 is 0 Å². The van der Waals surface area contributed by atoms with Gasteiger partial charge in [0, 0.05) is 10.6 Å². The van der Waals surface area contributed by atoms with Gasteiger partial charge in [-0.1, -0.05) is 66.3 Å². The third-order valence-electron chi connectivity index (χ3n) is 2.49. The standard InChI is InChI=1S/C14H11N3/c1-11(16-17-15)13-9-5-6-10-14(13)12-7-3-2-4-8-12/h2-10H,1H2. The Morgan fingerprint density at radius 1 is 1.00 bits per heavy atom. The summed E-state index contributed by atoms with van der Waals surface area (Å²) in [6.07, 6.45) is 0. The highest BCUT2D eigenvalue weighted by Crippen LogP contribution is 2.28. The van der Waals surface area contributed by atoms with Crippen molar-refractivity contribution in [1.82, 2.24) is 0 Å². The molecule has 0 radical (unpaired) electrons. The number of benzene rings is 2. The van der Waals surface area contributed by atoms with Crippen LogP contribution in [0.1, 0.15) is 5.56 Å². The second-order valence-electron chi connectivity index (χ2n) is 3.55. The highest BCUT2D eigenvalue weighted by atomic mass is 15.1. The minimum absolute atomic E-state index is 0.437. The Labute approximate surface area is 99.7 Å². The van der Waals surface area contributed by atoms with Gasteiger partial charge in [-0.15, -0.1) is 0 Å². The lowest BCUT2D eigenvalue weighted by atomic mass is 9.98. The molecule has 0 aromatic heterocycles. The predicted molar refractivity (Wildman–Crippen MR) is 70.1 cm³/mol. The smallest absolute Gasteiger partial charge is 0.0382 e. The first-order valence-corrected chi connectivity index (χ1v) is 5.22. The third-order valence-corrected chi connectivity index (χ3v) is 2.49. The Bertz CT molecular complexity index is 581. The summed E-state index contributed by atoms with van der Waals surface area (Å²) >= 11 is 0. The molecule has 0 fully saturated rings. The van der Waals surface area contributed by atoms with E-state index in [0.29, 0.717) is 5.70 Å². The fourth-order valence-corrected chi connectivity index (χ4v) is 1.71. The van der Waals surface area contributed by atoms with Crippen LogP contribution in [0.4, 0.5) is 0 Å². The molecule has 0 unspecified atom stereocenters. The highest BCUT2D eigenvalue weighted by molar-refractivity contribution is 5.79. The van der Waals surface area contributed by atoms with Crippen molar-refractivity contribution in [3.8, 4) is 11.1 Å². The normalized spacial score (nSPS) is 9.41. The molecular formula is C14H11N3. The number of hydrogen-bond donors (Lipinski definition) is 0. The molecule has 2 rings (SSSR count). The van der Waals surface area contributed by atoms with Crippen molar-refractivity contribution in [2.45, 2.75) is 0 Å². The van der Waals surface area contributed by atoms with Crippen LogP contribution in [0.25, 0.3) is 27.3 Å². The Morgan fingerprint density at radius 2 is 1.65 bits per heavy atom. The van der Waals surface area contributed by atoms with Gasteiger partial charge in [0.1, 0.15) is 0 Å². The average molecular weight is 221 g/mol. The fourth-order valence-electron chi connectivity index (χ4n) is 1.71. The van der Waals surface area contributed by atoms with Crippen LogP contribution >= 0.6 is 0 Å². The molecule has 0 saturated carbocycles. The van der Waals surface area contributed by atoms with E-state index >= 15 is 0 Å². The van der Waals surface area contributed by atoms with Crippen LogP contribution in [-0.4, -0.2) is 0 Å². The van der Waals surface area contributed by atoms with E-state index in [4.69, 9.17) is 5.53 Å². The lowest BCUT2D eigenvalue weighted by Gasteiger charge is -2.08. The monoisotopic (exact) mass is 221 g/mol. The van der Waals surface area contributed by atoms with Crippen LogP contribution in [0, 0.1) is 0 Å². The van der Waals surface area contributed by atoms with E-state index in [1.165, 1.54) is 0 Å². The van der Waals surface area contributed by atoms with Gasteiger partial charge in [0.05, 0.1) is 0 Å². The van der Waals surface area contributed by atoms with Gasteiger partial charge in [0.2, 0.25) is 0 Å². The Balaban J connectivity index is 2.56. The fraction of sp³-hybridized carbons (Fsp3) is 0. The summed E-state index contributed by atoms with van der Waals surface area (Å²) in [6.45, 7) is 3.78. The maximum atomic E-state index is 8.46. The summed E-state index contributed by atoms with van der Waals surface area (Å²) in [5, 5.41) is 3.57. The molecule has 3 nitrogen and oxygen atoms in total. The molecule has 0 heterocycles. The molecule has 0 amide bonds. The quantitative estimate of drug-likeness (QED) is 0.412. The number of rotatable bonds is 3. The van der Waals surface area contributed by atoms with Gasteiger partial charge in [-0.2, -0.15) is 0 Å². The molecule has 2 aromatic carbocycles. The van der Waals surface area contributed by atoms with Crippen molar-refractivity contribution in [1.29, 1.82) is 0 Å². The van der Waals surface area contributed by atoms with Gasteiger partial charge < -0.3 is 0 Å². The summed E-state index contributed by atoms with van der Waals surface area (Å²) < 4.78 is 0. The number of hydrogen-bond acceptors (Lipinski definition) is 1. The number of nitrogens with zero attached hydrogens (tertiary/aromatic N) is 3. The molecule has 0 atom stereocenters. The minimum Gasteiger partial charge on any atom is -0.0889 e. The Hall–Kier alpha value is -2.51. The summed E-state index contributed by atoms with van der Waals surface area (Å²) in [4.78, 5) is 2.77. The maximum Gasteiger partial charge on any atom is 0.0382 e. The van der Waals surface area contributed by atoms with Gasteiger partial charge in [0.25, 0.3) is 0 Å². The van der Waals surface area contributed by atoms with Crippen LogP contribution < -0.4 is 0 Å². The van der Waals surface area contributed by atoms with Crippen LogP contribution in [-0.2, 0) is 0 Å². The summed E-state index contributed by atoms with van der Waals surface area (Å²) in [5.74, 6) is 0. The zero-order valence-electron chi connectivity index (χ0n) is 9.24. The molecule has 0 aliphatic heterocycles. The Morgan fingerprint density at radius 3 is 2.35 bits per heavy atom. The van der Waals surface area contributed by atoms with Crippen LogP contribution in [0.15, 0.2) is 66.3 Å². The lowest BCUT2D eigenvalue weighted by Crippen LogP contribution is -1.85. The maximum absolute atomic E-state index is 8.46.